The second kappa shape index (κ2) is 15.5. The van der Waals surface area contributed by atoms with Gasteiger partial charge in [0.2, 0.25) is 5.95 Å². The summed E-state index contributed by atoms with van der Waals surface area (Å²) in [7, 11) is 0. The van der Waals surface area contributed by atoms with Crippen LogP contribution in [0, 0.1) is 5.92 Å². The number of halogens is 2. The molecule has 11 heteroatoms. The zero-order chi connectivity index (χ0) is 30.1. The van der Waals surface area contributed by atoms with Gasteiger partial charge >= 0.3 is 0 Å². The van der Waals surface area contributed by atoms with Crippen LogP contribution in [0.3, 0.4) is 0 Å². The fourth-order valence-corrected chi connectivity index (χ4v) is 6.57. The molecule has 3 aromatic rings. The predicted octanol–water partition coefficient (Wildman–Crippen LogP) is 6.42. The highest BCUT2D eigenvalue weighted by molar-refractivity contribution is 5.78. The lowest BCUT2D eigenvalue weighted by Crippen LogP contribution is -2.37. The molecular weight excluding hydrogens is 568 g/mol. The lowest BCUT2D eigenvalue weighted by molar-refractivity contribution is -0.164. The number of ether oxygens (including phenoxy) is 4. The van der Waals surface area contributed by atoms with Crippen LogP contribution in [0.1, 0.15) is 82.2 Å². The van der Waals surface area contributed by atoms with Gasteiger partial charge in [-0.05, 0) is 82.3 Å². The van der Waals surface area contributed by atoms with Crippen molar-refractivity contribution in [1.82, 2.24) is 19.5 Å². The van der Waals surface area contributed by atoms with Gasteiger partial charge in [-0.15, -0.1) is 0 Å². The largest absolute Gasteiger partial charge is 0.378 e. The van der Waals surface area contributed by atoms with Crippen LogP contribution in [0.4, 0.5) is 14.7 Å². The minimum atomic E-state index is -2.73. The van der Waals surface area contributed by atoms with Gasteiger partial charge in [0, 0.05) is 38.1 Å². The molecule has 3 fully saturated rings. The Balaban J connectivity index is 1.03. The predicted molar refractivity (Wildman–Crippen MR) is 163 cm³/mol. The average Bonchev–Trinajstić information content (AvgIpc) is 3.46. The van der Waals surface area contributed by atoms with Crippen LogP contribution in [0.2, 0.25) is 0 Å². The van der Waals surface area contributed by atoms with E-state index in [9.17, 15) is 8.78 Å². The van der Waals surface area contributed by atoms with E-state index in [1.165, 1.54) is 23.8 Å². The van der Waals surface area contributed by atoms with E-state index in [1.54, 1.807) is 6.07 Å². The normalized spacial score (nSPS) is 23.1. The van der Waals surface area contributed by atoms with Crippen molar-refractivity contribution in [3.63, 3.8) is 0 Å². The van der Waals surface area contributed by atoms with E-state index in [2.05, 4.69) is 9.88 Å². The van der Waals surface area contributed by atoms with Crippen molar-refractivity contribution < 1.29 is 27.7 Å². The molecule has 1 saturated carbocycles. The van der Waals surface area contributed by atoms with Crippen LogP contribution in [0.15, 0.2) is 30.3 Å². The second-order valence-corrected chi connectivity index (χ2v) is 12.1. The Hall–Kier alpha value is -2.73. The van der Waals surface area contributed by atoms with Crippen molar-refractivity contribution >= 4 is 17.0 Å². The van der Waals surface area contributed by atoms with Crippen molar-refractivity contribution in [2.75, 3.05) is 51.0 Å². The number of alkyl halides is 2. The fourth-order valence-electron chi connectivity index (χ4n) is 6.57. The number of para-hydroxylation sites is 2. The number of morpholine rings is 1. The SMILES string of the molecule is FC(F)c1nc2ccccc2n1-c1cc(CCC[C@H]2CC[C@H](OCCCOC3CCCCO3)CC2)nc(N2CCOCC2)n1. The van der Waals surface area contributed by atoms with E-state index in [0.717, 1.165) is 70.3 Å². The third kappa shape index (κ3) is 8.10. The van der Waals surface area contributed by atoms with Crippen LogP contribution < -0.4 is 4.90 Å². The van der Waals surface area contributed by atoms with Crippen LogP contribution >= 0.6 is 0 Å². The number of benzene rings is 1. The zero-order valence-corrected chi connectivity index (χ0v) is 25.5. The van der Waals surface area contributed by atoms with Gasteiger partial charge in [-0.1, -0.05) is 18.6 Å². The summed E-state index contributed by atoms with van der Waals surface area (Å²) in [6.45, 7) is 4.77. The van der Waals surface area contributed by atoms with Crippen molar-refractivity contribution in [2.45, 2.75) is 89.4 Å². The summed E-state index contributed by atoms with van der Waals surface area (Å²) in [6.07, 6.45) is 9.22. The highest BCUT2D eigenvalue weighted by Gasteiger charge is 2.25. The van der Waals surface area contributed by atoms with E-state index >= 15 is 0 Å². The number of aromatic nitrogens is 4. The number of imidazole rings is 1. The van der Waals surface area contributed by atoms with E-state index in [4.69, 9.17) is 28.9 Å². The summed E-state index contributed by atoms with van der Waals surface area (Å²) in [5.74, 6) is 1.38. The van der Waals surface area contributed by atoms with Gasteiger partial charge in [0.25, 0.3) is 6.43 Å². The Morgan fingerprint density at radius 3 is 2.50 bits per heavy atom. The first-order valence-electron chi connectivity index (χ1n) is 16.5. The third-order valence-electron chi connectivity index (χ3n) is 8.98. The number of anilines is 1. The molecule has 1 aromatic carbocycles. The Morgan fingerprint density at radius 1 is 0.886 bits per heavy atom. The summed E-state index contributed by atoms with van der Waals surface area (Å²) < 4.78 is 52.9. The first-order chi connectivity index (χ1) is 21.6. The van der Waals surface area contributed by atoms with Crippen molar-refractivity contribution in [3.05, 3.63) is 41.9 Å². The summed E-state index contributed by atoms with van der Waals surface area (Å²) in [5.41, 5.74) is 2.01. The highest BCUT2D eigenvalue weighted by Crippen LogP contribution is 2.31. The van der Waals surface area contributed by atoms with E-state index < -0.39 is 6.43 Å². The average molecular weight is 614 g/mol. The standard InChI is InChI=1S/C33H45F2N5O4/c34-31(35)32-37-27-9-1-2-10-28(27)40(32)29-23-25(36-33(38-29)39-16-21-41-22-17-39)8-5-7-24-12-14-26(15-13-24)42-19-6-20-44-30-11-3-4-18-43-30/h1-2,9-10,23-24,26,30-31H,3-8,11-22H2/t24-,26-,30?. The second-order valence-electron chi connectivity index (χ2n) is 12.1. The van der Waals surface area contributed by atoms with Crippen molar-refractivity contribution in [1.29, 1.82) is 0 Å². The first-order valence-corrected chi connectivity index (χ1v) is 16.5. The van der Waals surface area contributed by atoms with Crippen LogP contribution in [-0.4, -0.2) is 78.0 Å². The molecule has 2 aromatic heterocycles. The number of aryl methyl sites for hydroxylation is 1. The van der Waals surface area contributed by atoms with E-state index in [-0.39, 0.29) is 12.1 Å². The minimum absolute atomic E-state index is 0.0278. The Kier molecular flexibility index (Phi) is 11.0. The monoisotopic (exact) mass is 613 g/mol. The third-order valence-corrected chi connectivity index (χ3v) is 8.98. The molecule has 0 radical (unpaired) electrons. The number of nitrogens with zero attached hydrogens (tertiary/aromatic N) is 5. The molecule has 6 rings (SSSR count). The molecule has 1 unspecified atom stereocenters. The summed E-state index contributed by atoms with van der Waals surface area (Å²) in [6, 6.07) is 9.07. The number of hydrogen-bond acceptors (Lipinski definition) is 8. The van der Waals surface area contributed by atoms with E-state index in [1.807, 2.05) is 24.3 Å². The molecule has 9 nitrogen and oxygen atoms in total. The van der Waals surface area contributed by atoms with Crippen molar-refractivity contribution in [3.8, 4) is 5.82 Å². The van der Waals surface area contributed by atoms with Crippen LogP contribution in [0.5, 0.6) is 0 Å². The fraction of sp³-hybridized carbons (Fsp3) is 0.667. The smallest absolute Gasteiger partial charge is 0.296 e. The maximum absolute atomic E-state index is 14.1. The molecule has 2 saturated heterocycles. The van der Waals surface area contributed by atoms with E-state index in [0.29, 0.717) is 67.7 Å². The number of hydrogen-bond donors (Lipinski definition) is 0. The van der Waals surface area contributed by atoms with Crippen LogP contribution in [-0.2, 0) is 25.4 Å². The molecule has 4 heterocycles. The Bertz CT molecular complexity index is 1320. The summed E-state index contributed by atoms with van der Waals surface area (Å²) in [5, 5.41) is 0. The molecule has 240 valence electrons. The lowest BCUT2D eigenvalue weighted by atomic mass is 9.84. The molecule has 2 aliphatic heterocycles. The number of fused-ring (bicyclic) bond motifs is 1. The molecule has 0 N–H and O–H groups in total. The molecule has 1 atom stereocenters. The van der Waals surface area contributed by atoms with Crippen molar-refractivity contribution in [2.24, 2.45) is 5.92 Å². The molecule has 0 spiro atoms. The number of rotatable bonds is 13. The maximum atomic E-state index is 14.1. The minimum Gasteiger partial charge on any atom is -0.378 e. The van der Waals surface area contributed by atoms with Gasteiger partial charge in [0.15, 0.2) is 12.1 Å². The quantitative estimate of drug-likeness (QED) is 0.204. The van der Waals surface area contributed by atoms with Gasteiger partial charge in [0.05, 0.1) is 37.0 Å². The maximum Gasteiger partial charge on any atom is 0.296 e. The molecular formula is C33H45F2N5O4. The Morgan fingerprint density at radius 2 is 1.70 bits per heavy atom. The zero-order valence-electron chi connectivity index (χ0n) is 25.5. The highest BCUT2D eigenvalue weighted by atomic mass is 19.3. The lowest BCUT2D eigenvalue weighted by Gasteiger charge is -2.29. The summed E-state index contributed by atoms with van der Waals surface area (Å²) in [4.78, 5) is 16.0. The van der Waals surface area contributed by atoms with Crippen LogP contribution in [0.25, 0.3) is 16.9 Å². The summed E-state index contributed by atoms with van der Waals surface area (Å²) >= 11 is 0. The molecule has 44 heavy (non-hydrogen) atoms. The van der Waals surface area contributed by atoms with Gasteiger partial charge in [-0.2, -0.15) is 4.98 Å². The van der Waals surface area contributed by atoms with Gasteiger partial charge in [-0.25, -0.2) is 18.7 Å². The van der Waals surface area contributed by atoms with Gasteiger partial charge < -0.3 is 23.8 Å². The first kappa shape index (κ1) is 31.3. The Labute approximate surface area is 258 Å². The molecule has 3 aliphatic rings. The molecule has 0 bridgehead atoms. The molecule has 1 aliphatic carbocycles. The van der Waals surface area contributed by atoms with Gasteiger partial charge in [0.1, 0.15) is 5.82 Å². The van der Waals surface area contributed by atoms with Gasteiger partial charge in [-0.3, -0.25) is 4.57 Å². The topological polar surface area (TPSA) is 83.8 Å². The molecule has 0 amide bonds.